The summed E-state index contributed by atoms with van der Waals surface area (Å²) in [7, 11) is 0. The Balaban J connectivity index is 1.66. The first-order valence-corrected chi connectivity index (χ1v) is 16.5. The van der Waals surface area contributed by atoms with Gasteiger partial charge in [0.05, 0.1) is 0 Å². The van der Waals surface area contributed by atoms with E-state index in [9.17, 15) is 0 Å². The van der Waals surface area contributed by atoms with Gasteiger partial charge in [0.1, 0.15) is 0 Å². The molecule has 4 unspecified atom stereocenters. The molecule has 0 spiro atoms. The van der Waals surface area contributed by atoms with Crippen LogP contribution in [0, 0.1) is 40.4 Å². The maximum Gasteiger partial charge on any atom is 0.0457 e. The molecule has 0 aliphatic heterocycles. The molecule has 0 radical (unpaired) electrons. The third-order valence-corrected chi connectivity index (χ3v) is 10.7. The Labute approximate surface area is 261 Å². The molecule has 4 aliphatic carbocycles. The van der Waals surface area contributed by atoms with Gasteiger partial charge in [-0.2, -0.15) is 0 Å². The Morgan fingerprint density at radius 3 is 1.63 bits per heavy atom. The van der Waals surface area contributed by atoms with Crippen molar-refractivity contribution in [2.75, 3.05) is 0 Å². The molecule has 2 aromatic rings. The van der Waals surface area contributed by atoms with Crippen molar-refractivity contribution in [1.29, 1.82) is 0 Å². The van der Waals surface area contributed by atoms with Gasteiger partial charge in [-0.3, -0.25) is 0 Å². The highest BCUT2D eigenvalue weighted by Crippen LogP contribution is 2.64. The number of rotatable bonds is 7. The second-order valence-electron chi connectivity index (χ2n) is 15.3. The molecule has 4 atom stereocenters. The van der Waals surface area contributed by atoms with Gasteiger partial charge in [-0.05, 0) is 82.0 Å². The normalized spacial score (nSPS) is 26.7. The molecule has 0 heterocycles. The van der Waals surface area contributed by atoms with Crippen LogP contribution in [0.25, 0.3) is 0 Å². The summed E-state index contributed by atoms with van der Waals surface area (Å²) < 4.78 is 0. The first-order valence-electron chi connectivity index (χ1n) is 16.5. The van der Waals surface area contributed by atoms with Gasteiger partial charge in [0.25, 0.3) is 0 Å². The molecular formula is C43H50. The molecule has 0 nitrogen and oxygen atoms in total. The van der Waals surface area contributed by atoms with Gasteiger partial charge in [-0.1, -0.05) is 168 Å². The molecule has 6 rings (SSSR count). The lowest BCUT2D eigenvalue weighted by molar-refractivity contribution is 0.259. The summed E-state index contributed by atoms with van der Waals surface area (Å²) in [5.41, 5.74) is 8.77. The molecule has 4 aliphatic rings. The fraction of sp³-hybridized carbons (Fsp3) is 0.395. The smallest absolute Gasteiger partial charge is 0.0457 e. The van der Waals surface area contributed by atoms with Crippen molar-refractivity contribution in [3.8, 4) is 0 Å². The van der Waals surface area contributed by atoms with Crippen molar-refractivity contribution in [2.24, 2.45) is 40.4 Å². The van der Waals surface area contributed by atoms with Gasteiger partial charge in [0.2, 0.25) is 0 Å². The summed E-state index contributed by atoms with van der Waals surface area (Å²) in [4.78, 5) is 0. The molecule has 43 heavy (non-hydrogen) atoms. The van der Waals surface area contributed by atoms with Crippen LogP contribution in [0.2, 0.25) is 0 Å². The molecule has 0 bridgehead atoms. The standard InChI is InChI=1S/C43H50/c1-8-9-16-30-21-22-35(27-30)43(31-17-12-10-13-18-31,32-19-14-11-15-20-32)40-38-28-33(41(2,3)4)23-25-36(38)37-26-24-34(29-39(37)40)42(5,6)7/h8,10-15,17-21,23-29,36-40H,1,9,16,22H2,2-7H3. The largest absolute Gasteiger partial charge is 0.103 e. The minimum atomic E-state index is -0.257. The molecule has 1 fully saturated rings. The zero-order chi connectivity index (χ0) is 30.4. The van der Waals surface area contributed by atoms with Crippen molar-refractivity contribution < 1.29 is 0 Å². The maximum atomic E-state index is 4.02. The molecule has 2 aromatic carbocycles. The highest BCUT2D eigenvalue weighted by molar-refractivity contribution is 5.57. The van der Waals surface area contributed by atoms with E-state index in [0.717, 1.165) is 19.3 Å². The fourth-order valence-electron chi connectivity index (χ4n) is 8.56. The topological polar surface area (TPSA) is 0 Å². The Bertz CT molecular complexity index is 1430. The van der Waals surface area contributed by atoms with Crippen molar-refractivity contribution in [3.63, 3.8) is 0 Å². The number of allylic oxidation sites excluding steroid dienone is 13. The van der Waals surface area contributed by atoms with Gasteiger partial charge in [-0.25, -0.2) is 0 Å². The van der Waals surface area contributed by atoms with Gasteiger partial charge >= 0.3 is 0 Å². The molecule has 0 saturated heterocycles. The lowest BCUT2D eigenvalue weighted by atomic mass is 9.55. The average molecular weight is 567 g/mol. The molecule has 222 valence electrons. The van der Waals surface area contributed by atoms with Crippen molar-refractivity contribution in [2.45, 2.75) is 66.2 Å². The predicted molar refractivity (Wildman–Crippen MR) is 185 cm³/mol. The molecule has 1 saturated carbocycles. The van der Waals surface area contributed by atoms with E-state index < -0.39 is 0 Å². The fourth-order valence-corrected chi connectivity index (χ4v) is 8.56. The Morgan fingerprint density at radius 1 is 0.698 bits per heavy atom. The quantitative estimate of drug-likeness (QED) is 0.292. The molecule has 0 heteroatoms. The second-order valence-corrected chi connectivity index (χ2v) is 15.3. The van der Waals surface area contributed by atoms with E-state index in [2.05, 4.69) is 163 Å². The van der Waals surface area contributed by atoms with Crippen molar-refractivity contribution in [1.82, 2.24) is 0 Å². The molecule has 0 amide bonds. The number of hydrogen-bond donors (Lipinski definition) is 0. The number of fused-ring (bicyclic) bond motifs is 3. The average Bonchev–Trinajstić information content (AvgIpc) is 3.60. The first kappa shape index (κ1) is 29.7. The maximum absolute atomic E-state index is 4.02. The number of hydrogen-bond acceptors (Lipinski definition) is 0. The first-order chi connectivity index (χ1) is 20.5. The Kier molecular flexibility index (Phi) is 7.78. The highest BCUT2D eigenvalue weighted by atomic mass is 14.6. The second kappa shape index (κ2) is 11.3. The van der Waals surface area contributed by atoms with E-state index in [4.69, 9.17) is 0 Å². The lowest BCUT2D eigenvalue weighted by Gasteiger charge is -2.47. The minimum absolute atomic E-state index is 0.107. The van der Waals surface area contributed by atoms with Crippen LogP contribution < -0.4 is 0 Å². The van der Waals surface area contributed by atoms with Crippen LogP contribution in [0.3, 0.4) is 0 Å². The minimum Gasteiger partial charge on any atom is -0.103 e. The summed E-state index contributed by atoms with van der Waals surface area (Å²) in [5.74, 6) is 2.19. The van der Waals surface area contributed by atoms with Crippen LogP contribution in [-0.2, 0) is 5.41 Å². The summed E-state index contributed by atoms with van der Waals surface area (Å²) >= 11 is 0. The van der Waals surface area contributed by atoms with Crippen LogP contribution >= 0.6 is 0 Å². The van der Waals surface area contributed by atoms with Crippen LogP contribution in [0.5, 0.6) is 0 Å². The summed E-state index contributed by atoms with van der Waals surface area (Å²) in [6, 6.07) is 23.0. The van der Waals surface area contributed by atoms with Gasteiger partial charge in [0.15, 0.2) is 0 Å². The summed E-state index contributed by atoms with van der Waals surface area (Å²) in [6.07, 6.45) is 25.7. The summed E-state index contributed by atoms with van der Waals surface area (Å²) in [5, 5.41) is 0. The van der Waals surface area contributed by atoms with Crippen LogP contribution in [0.1, 0.15) is 71.9 Å². The monoisotopic (exact) mass is 566 g/mol. The van der Waals surface area contributed by atoms with Crippen LogP contribution in [0.4, 0.5) is 0 Å². The lowest BCUT2D eigenvalue weighted by Crippen LogP contribution is -2.44. The molecule has 0 N–H and O–H groups in total. The van der Waals surface area contributed by atoms with Gasteiger partial charge in [0, 0.05) is 5.41 Å². The number of benzene rings is 2. The van der Waals surface area contributed by atoms with E-state index in [0.29, 0.717) is 29.6 Å². The van der Waals surface area contributed by atoms with E-state index in [1.165, 1.54) is 27.8 Å². The van der Waals surface area contributed by atoms with Crippen molar-refractivity contribution >= 4 is 0 Å². The Hall–Kier alpha value is -3.38. The summed E-state index contributed by atoms with van der Waals surface area (Å²) in [6.45, 7) is 18.2. The molecular weight excluding hydrogens is 516 g/mol. The van der Waals surface area contributed by atoms with Crippen LogP contribution in [0.15, 0.2) is 144 Å². The van der Waals surface area contributed by atoms with E-state index in [1.54, 1.807) is 5.57 Å². The van der Waals surface area contributed by atoms with E-state index >= 15 is 0 Å². The van der Waals surface area contributed by atoms with Gasteiger partial charge in [-0.15, -0.1) is 6.58 Å². The zero-order valence-corrected chi connectivity index (χ0v) is 27.2. The predicted octanol–water partition coefficient (Wildman–Crippen LogP) is 11.4. The highest BCUT2D eigenvalue weighted by Gasteiger charge is 2.59. The third-order valence-electron chi connectivity index (χ3n) is 10.7. The Morgan fingerprint density at radius 2 is 1.19 bits per heavy atom. The van der Waals surface area contributed by atoms with E-state index in [1.807, 2.05) is 0 Å². The SMILES string of the molecule is C=CCCC1=CCC(C(c2ccccc2)(c2ccccc2)C2C3C=C(C(C)(C)C)C=CC3C3C=CC(C(C)(C)C)=CC32)=C1. The third kappa shape index (κ3) is 5.22. The van der Waals surface area contributed by atoms with Crippen molar-refractivity contribution in [3.05, 3.63) is 155 Å². The van der Waals surface area contributed by atoms with E-state index in [-0.39, 0.29) is 16.2 Å². The molecule has 0 aromatic heterocycles. The zero-order valence-electron chi connectivity index (χ0n) is 27.2. The van der Waals surface area contributed by atoms with Gasteiger partial charge < -0.3 is 0 Å². The van der Waals surface area contributed by atoms with Crippen LogP contribution in [-0.4, -0.2) is 0 Å².